The molecule has 1 N–H and O–H groups in total. The highest BCUT2D eigenvalue weighted by Gasteiger charge is 2.22. The summed E-state index contributed by atoms with van der Waals surface area (Å²) in [6, 6.07) is 6.95. The first-order valence-corrected chi connectivity index (χ1v) is 10.4. The van der Waals surface area contributed by atoms with E-state index in [9.17, 15) is 9.90 Å². The van der Waals surface area contributed by atoms with Gasteiger partial charge in [-0.3, -0.25) is 4.79 Å². The third kappa shape index (κ3) is 4.04. The van der Waals surface area contributed by atoms with E-state index in [4.69, 9.17) is 19.4 Å². The van der Waals surface area contributed by atoms with Crippen LogP contribution in [-0.2, 0) is 20.8 Å². The standard InChI is InChI=1S/C21H24N6O4/c28-16-3-1-2-15(12-16)19-17-13-22-27(14-18(29)25-4-8-30-9-5-25)20(17)24-21(23-19)26-6-10-31-11-7-26/h1-3,12-13,28H,4-11,14H2. The normalized spacial score (nSPS) is 17.3. The van der Waals surface area contributed by atoms with Gasteiger partial charge in [0.25, 0.3) is 0 Å². The van der Waals surface area contributed by atoms with Crippen LogP contribution in [0, 0.1) is 0 Å². The minimum absolute atomic E-state index is 0.0151. The second-order valence-corrected chi connectivity index (χ2v) is 7.55. The molecule has 2 aliphatic rings. The van der Waals surface area contributed by atoms with Crippen molar-refractivity contribution in [2.45, 2.75) is 6.54 Å². The fourth-order valence-corrected chi connectivity index (χ4v) is 3.88. The van der Waals surface area contributed by atoms with Gasteiger partial charge in [0.2, 0.25) is 11.9 Å². The number of phenolic OH excluding ortho intramolecular Hbond substituents is 1. The van der Waals surface area contributed by atoms with Gasteiger partial charge in [0.15, 0.2) is 5.65 Å². The van der Waals surface area contributed by atoms with Crippen molar-refractivity contribution in [2.75, 3.05) is 57.5 Å². The summed E-state index contributed by atoms with van der Waals surface area (Å²) in [5.74, 6) is 0.709. The van der Waals surface area contributed by atoms with Crippen molar-refractivity contribution in [3.05, 3.63) is 30.5 Å². The summed E-state index contributed by atoms with van der Waals surface area (Å²) in [6.45, 7) is 4.96. The Hall–Kier alpha value is -3.24. The molecule has 3 aromatic rings. The molecule has 1 aromatic carbocycles. The smallest absolute Gasteiger partial charge is 0.244 e. The van der Waals surface area contributed by atoms with Crippen molar-refractivity contribution in [3.63, 3.8) is 0 Å². The van der Waals surface area contributed by atoms with E-state index in [2.05, 4.69) is 10.00 Å². The van der Waals surface area contributed by atoms with Crippen LogP contribution in [0.4, 0.5) is 5.95 Å². The van der Waals surface area contributed by atoms with Gasteiger partial charge in [-0.05, 0) is 12.1 Å². The number of carbonyl (C=O) groups is 1. The number of amides is 1. The molecular weight excluding hydrogens is 400 g/mol. The quantitative estimate of drug-likeness (QED) is 0.658. The highest BCUT2D eigenvalue weighted by molar-refractivity contribution is 5.92. The minimum Gasteiger partial charge on any atom is -0.508 e. The third-order valence-electron chi connectivity index (χ3n) is 5.55. The van der Waals surface area contributed by atoms with Gasteiger partial charge >= 0.3 is 0 Å². The van der Waals surface area contributed by atoms with Crippen LogP contribution in [0.1, 0.15) is 0 Å². The summed E-state index contributed by atoms with van der Waals surface area (Å²) in [4.78, 5) is 26.2. The number of hydrogen-bond donors (Lipinski definition) is 1. The number of aromatic hydroxyl groups is 1. The van der Waals surface area contributed by atoms with Gasteiger partial charge in [-0.25, -0.2) is 9.67 Å². The largest absolute Gasteiger partial charge is 0.508 e. The van der Waals surface area contributed by atoms with E-state index in [-0.39, 0.29) is 18.2 Å². The van der Waals surface area contributed by atoms with Crippen LogP contribution in [0.15, 0.2) is 30.5 Å². The maximum absolute atomic E-state index is 12.8. The fourth-order valence-electron chi connectivity index (χ4n) is 3.88. The molecule has 2 aromatic heterocycles. The zero-order valence-corrected chi connectivity index (χ0v) is 17.1. The monoisotopic (exact) mass is 424 g/mol. The number of anilines is 1. The van der Waals surface area contributed by atoms with Crippen LogP contribution >= 0.6 is 0 Å². The molecule has 0 radical (unpaired) electrons. The number of rotatable bonds is 4. The second kappa shape index (κ2) is 8.48. The molecular formula is C21H24N6O4. The summed E-state index contributed by atoms with van der Waals surface area (Å²) < 4.78 is 12.4. The fraction of sp³-hybridized carbons (Fsp3) is 0.429. The summed E-state index contributed by atoms with van der Waals surface area (Å²) in [6.07, 6.45) is 1.68. The second-order valence-electron chi connectivity index (χ2n) is 7.55. The van der Waals surface area contributed by atoms with Gasteiger partial charge in [0.1, 0.15) is 12.3 Å². The van der Waals surface area contributed by atoms with E-state index in [1.54, 1.807) is 34.0 Å². The molecule has 0 spiro atoms. The molecule has 0 bridgehead atoms. The number of fused-ring (bicyclic) bond motifs is 1. The van der Waals surface area contributed by atoms with Crippen LogP contribution < -0.4 is 4.90 Å². The maximum Gasteiger partial charge on any atom is 0.244 e. The molecule has 10 nitrogen and oxygen atoms in total. The molecule has 0 aliphatic carbocycles. The Bertz CT molecular complexity index is 1090. The molecule has 1 amide bonds. The first-order valence-electron chi connectivity index (χ1n) is 10.4. The number of nitrogens with zero attached hydrogens (tertiary/aromatic N) is 6. The summed E-state index contributed by atoms with van der Waals surface area (Å²) in [7, 11) is 0. The van der Waals surface area contributed by atoms with Crippen molar-refractivity contribution in [1.29, 1.82) is 0 Å². The molecule has 0 unspecified atom stereocenters. The van der Waals surface area contributed by atoms with Gasteiger partial charge in [-0.15, -0.1) is 0 Å². The number of hydrogen-bond acceptors (Lipinski definition) is 8. The van der Waals surface area contributed by atoms with E-state index in [1.807, 2.05) is 6.07 Å². The summed E-state index contributed by atoms with van der Waals surface area (Å²) >= 11 is 0. The Labute approximate surface area is 179 Å². The molecule has 4 heterocycles. The van der Waals surface area contributed by atoms with E-state index in [1.165, 1.54) is 0 Å². The lowest BCUT2D eigenvalue weighted by atomic mass is 10.1. The molecule has 10 heteroatoms. The third-order valence-corrected chi connectivity index (χ3v) is 5.55. The number of aromatic nitrogens is 4. The number of phenols is 1. The topological polar surface area (TPSA) is 106 Å². The average molecular weight is 424 g/mol. The first-order chi connectivity index (χ1) is 15.2. The molecule has 0 saturated carbocycles. The van der Waals surface area contributed by atoms with E-state index < -0.39 is 0 Å². The predicted octanol–water partition coefficient (Wildman–Crippen LogP) is 0.894. The number of benzene rings is 1. The number of ether oxygens (including phenoxy) is 2. The zero-order chi connectivity index (χ0) is 21.2. The Balaban J connectivity index is 1.56. The average Bonchev–Trinajstić information content (AvgIpc) is 3.22. The number of morpholine rings is 2. The lowest BCUT2D eigenvalue weighted by molar-refractivity contribution is -0.136. The van der Waals surface area contributed by atoms with E-state index in [0.717, 1.165) is 10.9 Å². The van der Waals surface area contributed by atoms with E-state index >= 15 is 0 Å². The SMILES string of the molecule is O=C(Cn1ncc2c(-c3cccc(O)c3)nc(N3CCOCC3)nc21)N1CCOCC1. The van der Waals surface area contributed by atoms with Crippen molar-refractivity contribution in [2.24, 2.45) is 0 Å². The van der Waals surface area contributed by atoms with Gasteiger partial charge in [-0.1, -0.05) is 12.1 Å². The highest BCUT2D eigenvalue weighted by atomic mass is 16.5. The lowest BCUT2D eigenvalue weighted by Crippen LogP contribution is -2.42. The number of carbonyl (C=O) groups excluding carboxylic acids is 1. The first kappa shape index (κ1) is 19.7. The van der Waals surface area contributed by atoms with Gasteiger partial charge in [0, 0.05) is 31.7 Å². The molecule has 0 atom stereocenters. The van der Waals surface area contributed by atoms with Crippen molar-refractivity contribution in [3.8, 4) is 17.0 Å². The van der Waals surface area contributed by atoms with Crippen LogP contribution in [-0.4, -0.2) is 88.3 Å². The molecule has 2 fully saturated rings. The maximum atomic E-state index is 12.8. The van der Waals surface area contributed by atoms with Gasteiger partial charge < -0.3 is 24.4 Å². The molecule has 162 valence electrons. The molecule has 2 saturated heterocycles. The van der Waals surface area contributed by atoms with Crippen LogP contribution in [0.25, 0.3) is 22.3 Å². The van der Waals surface area contributed by atoms with E-state index in [0.29, 0.717) is 69.9 Å². The molecule has 2 aliphatic heterocycles. The van der Waals surface area contributed by atoms with Crippen molar-refractivity contribution in [1.82, 2.24) is 24.6 Å². The van der Waals surface area contributed by atoms with Crippen LogP contribution in [0.3, 0.4) is 0 Å². The lowest BCUT2D eigenvalue weighted by Gasteiger charge is -2.27. The Morgan fingerprint density at radius 1 is 1.03 bits per heavy atom. The molecule has 5 rings (SSSR count). The molecule has 31 heavy (non-hydrogen) atoms. The highest BCUT2D eigenvalue weighted by Crippen LogP contribution is 2.30. The van der Waals surface area contributed by atoms with Crippen LogP contribution in [0.5, 0.6) is 5.75 Å². The Morgan fingerprint density at radius 2 is 1.77 bits per heavy atom. The summed E-state index contributed by atoms with van der Waals surface area (Å²) in [5, 5.41) is 15.2. The van der Waals surface area contributed by atoms with Gasteiger partial charge in [0.05, 0.1) is 43.7 Å². The zero-order valence-electron chi connectivity index (χ0n) is 17.1. The Kier molecular flexibility index (Phi) is 5.39. The summed E-state index contributed by atoms with van der Waals surface area (Å²) in [5.41, 5.74) is 2.03. The van der Waals surface area contributed by atoms with Crippen molar-refractivity contribution >= 4 is 22.9 Å². The van der Waals surface area contributed by atoms with Crippen molar-refractivity contribution < 1.29 is 19.4 Å². The van der Waals surface area contributed by atoms with Crippen LogP contribution in [0.2, 0.25) is 0 Å². The Morgan fingerprint density at radius 3 is 2.52 bits per heavy atom. The predicted molar refractivity (Wildman–Crippen MR) is 113 cm³/mol. The minimum atomic E-state index is -0.0151. The van der Waals surface area contributed by atoms with Gasteiger partial charge in [-0.2, -0.15) is 10.1 Å².